The number of Topliss-reactive ketones (excluding diaryl/α,β-unsaturated/α-hetero) is 1. The minimum atomic E-state index is 0.0766. The Balaban J connectivity index is 2.24. The highest BCUT2D eigenvalue weighted by atomic mass is 79.9. The van der Waals surface area contributed by atoms with Gasteiger partial charge >= 0.3 is 0 Å². The van der Waals surface area contributed by atoms with Crippen LogP contribution in [0.2, 0.25) is 5.02 Å². The SMILES string of the molecule is O=C(Cc1ccsc1)c1cc(Cl)ccc1Br. The van der Waals surface area contributed by atoms with E-state index in [1.807, 2.05) is 16.8 Å². The molecule has 16 heavy (non-hydrogen) atoms. The summed E-state index contributed by atoms with van der Waals surface area (Å²) in [5.41, 5.74) is 1.68. The minimum Gasteiger partial charge on any atom is -0.294 e. The molecule has 1 heterocycles. The van der Waals surface area contributed by atoms with Crippen molar-refractivity contribution in [3.05, 3.63) is 55.6 Å². The fourth-order valence-electron chi connectivity index (χ4n) is 1.39. The molecule has 0 atom stereocenters. The molecular weight excluding hydrogens is 308 g/mol. The maximum absolute atomic E-state index is 12.0. The van der Waals surface area contributed by atoms with Crippen LogP contribution in [0, 0.1) is 0 Å². The summed E-state index contributed by atoms with van der Waals surface area (Å²) in [6, 6.07) is 7.21. The van der Waals surface area contributed by atoms with E-state index in [1.165, 1.54) is 0 Å². The number of hydrogen-bond acceptors (Lipinski definition) is 2. The Kier molecular flexibility index (Phi) is 3.79. The maximum atomic E-state index is 12.0. The minimum absolute atomic E-state index is 0.0766. The Morgan fingerprint density at radius 1 is 1.38 bits per heavy atom. The predicted molar refractivity (Wildman–Crippen MR) is 71.5 cm³/mol. The summed E-state index contributed by atoms with van der Waals surface area (Å²) in [6.07, 6.45) is 0.419. The van der Waals surface area contributed by atoms with Gasteiger partial charge in [-0.25, -0.2) is 0 Å². The van der Waals surface area contributed by atoms with Crippen molar-refractivity contribution in [2.75, 3.05) is 0 Å². The zero-order valence-corrected chi connectivity index (χ0v) is 11.4. The molecule has 0 radical (unpaired) electrons. The predicted octanol–water partition coefficient (Wildman–Crippen LogP) is 4.59. The molecule has 0 aliphatic rings. The van der Waals surface area contributed by atoms with Crippen molar-refractivity contribution in [3.8, 4) is 0 Å². The average Bonchev–Trinajstić information content (AvgIpc) is 2.74. The van der Waals surface area contributed by atoms with Crippen molar-refractivity contribution in [2.45, 2.75) is 6.42 Å². The molecule has 2 rings (SSSR count). The van der Waals surface area contributed by atoms with Crippen LogP contribution >= 0.6 is 38.9 Å². The molecular formula is C12H8BrClOS. The first-order chi connectivity index (χ1) is 7.66. The van der Waals surface area contributed by atoms with Crippen molar-refractivity contribution in [2.24, 2.45) is 0 Å². The third kappa shape index (κ3) is 2.73. The van der Waals surface area contributed by atoms with E-state index in [-0.39, 0.29) is 5.78 Å². The number of rotatable bonds is 3. The van der Waals surface area contributed by atoms with Gasteiger partial charge < -0.3 is 0 Å². The Bertz CT molecular complexity index is 508. The molecule has 0 saturated carbocycles. The second-order valence-corrected chi connectivity index (χ2v) is 5.43. The van der Waals surface area contributed by atoms with Crippen LogP contribution < -0.4 is 0 Å². The second kappa shape index (κ2) is 5.13. The molecule has 0 amide bonds. The highest BCUT2D eigenvalue weighted by Gasteiger charge is 2.11. The zero-order valence-electron chi connectivity index (χ0n) is 8.24. The average molecular weight is 316 g/mol. The van der Waals surface area contributed by atoms with Crippen LogP contribution in [0.15, 0.2) is 39.5 Å². The van der Waals surface area contributed by atoms with E-state index in [2.05, 4.69) is 15.9 Å². The number of halogens is 2. The Labute approximate surface area is 111 Å². The molecule has 2 aromatic rings. The molecule has 0 bridgehead atoms. The number of ketones is 1. The lowest BCUT2D eigenvalue weighted by molar-refractivity contribution is 0.0992. The molecule has 0 aliphatic heterocycles. The molecule has 82 valence electrons. The van der Waals surface area contributed by atoms with Gasteiger partial charge in [-0.15, -0.1) is 0 Å². The number of benzene rings is 1. The van der Waals surface area contributed by atoms with Crippen LogP contribution in [0.4, 0.5) is 0 Å². The van der Waals surface area contributed by atoms with E-state index in [0.717, 1.165) is 10.0 Å². The summed E-state index contributed by atoms with van der Waals surface area (Å²) in [7, 11) is 0. The van der Waals surface area contributed by atoms with Gasteiger partial charge in [0.2, 0.25) is 0 Å². The van der Waals surface area contributed by atoms with Crippen molar-refractivity contribution in [1.29, 1.82) is 0 Å². The van der Waals surface area contributed by atoms with Gasteiger partial charge in [0.05, 0.1) is 0 Å². The molecule has 0 aliphatic carbocycles. The van der Waals surface area contributed by atoms with Gasteiger partial charge in [-0.1, -0.05) is 27.5 Å². The van der Waals surface area contributed by atoms with E-state index < -0.39 is 0 Å². The first-order valence-corrected chi connectivity index (χ1v) is 6.77. The standard InChI is InChI=1S/C12H8BrClOS/c13-11-2-1-9(14)6-10(11)12(15)5-8-3-4-16-7-8/h1-4,6-7H,5H2. The lowest BCUT2D eigenvalue weighted by atomic mass is 10.1. The largest absolute Gasteiger partial charge is 0.294 e. The molecule has 1 aromatic carbocycles. The first kappa shape index (κ1) is 11.8. The maximum Gasteiger partial charge on any atom is 0.168 e. The quantitative estimate of drug-likeness (QED) is 0.757. The topological polar surface area (TPSA) is 17.1 Å². The fraction of sp³-hybridized carbons (Fsp3) is 0.0833. The van der Waals surface area contributed by atoms with Gasteiger partial charge in [0, 0.05) is 21.5 Å². The van der Waals surface area contributed by atoms with E-state index in [9.17, 15) is 4.79 Å². The summed E-state index contributed by atoms with van der Waals surface area (Å²) in [5.74, 6) is 0.0766. The Morgan fingerprint density at radius 2 is 2.19 bits per heavy atom. The third-order valence-electron chi connectivity index (χ3n) is 2.17. The van der Waals surface area contributed by atoms with Gasteiger partial charge in [0.25, 0.3) is 0 Å². The summed E-state index contributed by atoms with van der Waals surface area (Å²) in [5, 5.41) is 4.53. The van der Waals surface area contributed by atoms with E-state index in [1.54, 1.807) is 29.5 Å². The van der Waals surface area contributed by atoms with Crippen LogP contribution in [-0.2, 0) is 6.42 Å². The van der Waals surface area contributed by atoms with Gasteiger partial charge in [-0.3, -0.25) is 4.79 Å². The molecule has 0 fully saturated rings. The van der Waals surface area contributed by atoms with Crippen LogP contribution in [0.1, 0.15) is 15.9 Å². The van der Waals surface area contributed by atoms with Gasteiger partial charge in [-0.05, 0) is 40.6 Å². The smallest absolute Gasteiger partial charge is 0.168 e. The van der Waals surface area contributed by atoms with Crippen LogP contribution in [0.5, 0.6) is 0 Å². The lowest BCUT2D eigenvalue weighted by Crippen LogP contribution is -2.03. The van der Waals surface area contributed by atoms with E-state index in [0.29, 0.717) is 17.0 Å². The third-order valence-corrected chi connectivity index (χ3v) is 3.83. The lowest BCUT2D eigenvalue weighted by Gasteiger charge is -2.03. The molecule has 0 N–H and O–H groups in total. The number of thiophene rings is 1. The van der Waals surface area contributed by atoms with Gasteiger partial charge in [0.15, 0.2) is 5.78 Å². The summed E-state index contributed by atoms with van der Waals surface area (Å²) >= 11 is 10.8. The summed E-state index contributed by atoms with van der Waals surface area (Å²) in [6.45, 7) is 0. The zero-order chi connectivity index (χ0) is 11.5. The van der Waals surface area contributed by atoms with Crippen molar-refractivity contribution >= 4 is 44.7 Å². The number of carbonyl (C=O) groups is 1. The number of carbonyl (C=O) groups excluding carboxylic acids is 1. The molecule has 4 heteroatoms. The summed E-state index contributed by atoms with van der Waals surface area (Å²) < 4.78 is 0.789. The van der Waals surface area contributed by atoms with E-state index >= 15 is 0 Å². The van der Waals surface area contributed by atoms with Crippen LogP contribution in [0.3, 0.4) is 0 Å². The normalized spacial score (nSPS) is 10.4. The fourth-order valence-corrected chi connectivity index (χ4v) is 2.69. The highest BCUT2D eigenvalue weighted by Crippen LogP contribution is 2.23. The van der Waals surface area contributed by atoms with E-state index in [4.69, 9.17) is 11.6 Å². The Morgan fingerprint density at radius 3 is 2.88 bits per heavy atom. The van der Waals surface area contributed by atoms with Gasteiger partial charge in [0.1, 0.15) is 0 Å². The van der Waals surface area contributed by atoms with Gasteiger partial charge in [-0.2, -0.15) is 11.3 Å². The van der Waals surface area contributed by atoms with Crippen molar-refractivity contribution < 1.29 is 4.79 Å². The van der Waals surface area contributed by atoms with Crippen molar-refractivity contribution in [3.63, 3.8) is 0 Å². The summed E-state index contributed by atoms with van der Waals surface area (Å²) in [4.78, 5) is 12.0. The molecule has 0 spiro atoms. The number of hydrogen-bond donors (Lipinski definition) is 0. The first-order valence-electron chi connectivity index (χ1n) is 4.66. The molecule has 0 saturated heterocycles. The van der Waals surface area contributed by atoms with Crippen molar-refractivity contribution in [1.82, 2.24) is 0 Å². The van der Waals surface area contributed by atoms with Crippen LogP contribution in [-0.4, -0.2) is 5.78 Å². The molecule has 1 nitrogen and oxygen atoms in total. The highest BCUT2D eigenvalue weighted by molar-refractivity contribution is 9.10. The molecule has 1 aromatic heterocycles. The Hall–Kier alpha value is -0.640. The molecule has 0 unspecified atom stereocenters. The van der Waals surface area contributed by atoms with Crippen LogP contribution in [0.25, 0.3) is 0 Å². The monoisotopic (exact) mass is 314 g/mol. The second-order valence-electron chi connectivity index (χ2n) is 3.36.